The van der Waals surface area contributed by atoms with Gasteiger partial charge in [0, 0.05) is 84.1 Å². The number of benzene rings is 2. The van der Waals surface area contributed by atoms with Crippen LogP contribution in [0.3, 0.4) is 0 Å². The van der Waals surface area contributed by atoms with Crippen molar-refractivity contribution in [2.75, 3.05) is 52.4 Å². The average Bonchev–Trinajstić information content (AvgIpc) is 3.89. The molecule has 1 saturated carbocycles. The molecule has 5 aliphatic heterocycles. The number of amides is 1. The average molecular weight is 831 g/mol. The van der Waals surface area contributed by atoms with Gasteiger partial charge in [-0.15, -0.1) is 0 Å². The van der Waals surface area contributed by atoms with E-state index in [1.54, 1.807) is 6.07 Å². The lowest BCUT2D eigenvalue weighted by molar-refractivity contribution is -0.228. The summed E-state index contributed by atoms with van der Waals surface area (Å²) in [5, 5.41) is 14.1. The van der Waals surface area contributed by atoms with E-state index in [4.69, 9.17) is 18.9 Å². The van der Waals surface area contributed by atoms with Crippen LogP contribution in [0.1, 0.15) is 68.8 Å². The van der Waals surface area contributed by atoms with Gasteiger partial charge >= 0.3 is 17.9 Å². The lowest BCUT2D eigenvalue weighted by atomic mass is 9.47. The minimum atomic E-state index is -2.97. The van der Waals surface area contributed by atoms with Crippen LogP contribution in [0, 0.1) is 17.3 Å². The summed E-state index contributed by atoms with van der Waals surface area (Å²) in [6.45, 7) is 6.08. The van der Waals surface area contributed by atoms with Crippen LogP contribution in [0.5, 0.6) is 5.75 Å². The quantitative estimate of drug-likeness (QED) is 0.142. The van der Waals surface area contributed by atoms with Crippen LogP contribution >= 0.6 is 0 Å². The highest BCUT2D eigenvalue weighted by Gasteiger charge is 2.81. The van der Waals surface area contributed by atoms with Crippen LogP contribution in [-0.4, -0.2) is 121 Å². The first-order valence-corrected chi connectivity index (χ1v) is 20.8. The van der Waals surface area contributed by atoms with Crippen LogP contribution in [-0.2, 0) is 50.8 Å². The van der Waals surface area contributed by atoms with Crippen molar-refractivity contribution in [3.63, 3.8) is 0 Å². The Morgan fingerprint density at radius 1 is 1.05 bits per heavy atom. The summed E-state index contributed by atoms with van der Waals surface area (Å²) in [6.07, 6.45) is 3.96. The number of ether oxygens (including phenoxy) is 4. The van der Waals surface area contributed by atoms with E-state index in [0.717, 1.165) is 30.5 Å². The number of fused-ring (bicyclic) bond motifs is 6. The summed E-state index contributed by atoms with van der Waals surface area (Å²) >= 11 is 0. The zero-order valence-corrected chi connectivity index (χ0v) is 34.8. The second-order valence-electron chi connectivity index (χ2n) is 17.9. The number of alkyl halides is 2. The molecule has 1 aliphatic carbocycles. The number of methoxy groups -OCH3 is 3. The number of para-hydroxylation sites is 1. The zero-order valence-electron chi connectivity index (χ0n) is 34.8. The number of aromatic amines is 1. The molecular formula is C45H52F2N4O9. The van der Waals surface area contributed by atoms with Gasteiger partial charge in [0.2, 0.25) is 17.9 Å². The van der Waals surface area contributed by atoms with Crippen molar-refractivity contribution in [2.45, 2.75) is 93.5 Å². The van der Waals surface area contributed by atoms with Gasteiger partial charge in [-0.25, -0.2) is 13.6 Å². The van der Waals surface area contributed by atoms with Crippen molar-refractivity contribution < 1.29 is 52.0 Å². The number of hydrogen-bond acceptors (Lipinski definition) is 11. The first-order valence-electron chi connectivity index (χ1n) is 20.8. The first-order chi connectivity index (χ1) is 28.6. The van der Waals surface area contributed by atoms with Gasteiger partial charge in [0.05, 0.1) is 33.1 Å². The Balaban J connectivity index is 1.37. The van der Waals surface area contributed by atoms with E-state index in [9.17, 15) is 19.5 Å². The van der Waals surface area contributed by atoms with Crippen LogP contribution in [0.25, 0.3) is 10.9 Å². The van der Waals surface area contributed by atoms with Crippen molar-refractivity contribution in [3.05, 3.63) is 70.9 Å². The number of carbonyl (C=O) groups is 4. The fraction of sp³-hybridized carbons (Fsp3) is 0.556. The molecule has 1 spiro atoms. The molecule has 15 heteroatoms. The maximum absolute atomic E-state index is 15.3. The number of H-pyrrole nitrogens is 1. The maximum Gasteiger partial charge on any atom is 0.344 e. The van der Waals surface area contributed by atoms with Crippen LogP contribution in [0.2, 0.25) is 0 Å². The normalized spacial score (nSPS) is 35.3. The van der Waals surface area contributed by atoms with Gasteiger partial charge in [-0.1, -0.05) is 37.3 Å². The second kappa shape index (κ2) is 13.8. The van der Waals surface area contributed by atoms with E-state index in [1.165, 1.54) is 26.0 Å². The van der Waals surface area contributed by atoms with Gasteiger partial charge in [0.15, 0.2) is 6.10 Å². The van der Waals surface area contributed by atoms with Gasteiger partial charge in [-0.05, 0) is 68.3 Å². The maximum atomic E-state index is 15.3. The molecule has 320 valence electrons. The molecule has 3 aromatic rings. The number of carbonyl (C=O) groups excluding carboxylic acids is 4. The lowest BCUT2D eigenvalue weighted by Crippen LogP contribution is -2.81. The molecule has 3 fully saturated rings. The zero-order chi connectivity index (χ0) is 42.7. The molecule has 0 radical (unpaired) electrons. The van der Waals surface area contributed by atoms with Crippen LogP contribution in [0.4, 0.5) is 14.5 Å². The largest absolute Gasteiger partial charge is 0.496 e. The van der Waals surface area contributed by atoms with E-state index in [2.05, 4.69) is 14.8 Å². The monoisotopic (exact) mass is 830 g/mol. The van der Waals surface area contributed by atoms with Gasteiger partial charge in [-0.3, -0.25) is 24.2 Å². The third kappa shape index (κ3) is 5.17. The SMILES string of the molecule is CC[C@]12C=CCN3CC[C@@]4(c5cc([C@@]6(C(=O)OC)C[C@@H]7C[C@@H](C(C)(F)F)CN(Cc8c6[nH]c6ccccc86)C7)c(OC)cc5N(C=O)[C@H]4[C@@](O)(C(=O)OC)[C@@H]1OC(C)=O)[C@@H]32. The molecule has 2 bridgehead atoms. The molecular weight excluding hydrogens is 779 g/mol. The third-order valence-corrected chi connectivity index (χ3v) is 15.2. The fourth-order valence-electron chi connectivity index (χ4n) is 13.1. The van der Waals surface area contributed by atoms with Crippen molar-refractivity contribution in [3.8, 4) is 5.75 Å². The van der Waals surface area contributed by atoms with Crippen molar-refractivity contribution in [2.24, 2.45) is 17.3 Å². The predicted octanol–water partition coefficient (Wildman–Crippen LogP) is 4.61. The van der Waals surface area contributed by atoms with E-state index >= 15 is 13.6 Å². The Bertz CT molecular complexity index is 2330. The molecule has 2 N–H and O–H groups in total. The Kier molecular flexibility index (Phi) is 9.34. The second-order valence-corrected chi connectivity index (χ2v) is 17.9. The van der Waals surface area contributed by atoms with Crippen molar-refractivity contribution in [1.29, 1.82) is 0 Å². The minimum absolute atomic E-state index is 0.0867. The number of nitrogens with one attached hydrogen (secondary N) is 1. The number of nitrogens with zero attached hydrogens (tertiary/aromatic N) is 3. The first kappa shape index (κ1) is 40.5. The molecule has 2 saturated heterocycles. The predicted molar refractivity (Wildman–Crippen MR) is 215 cm³/mol. The number of rotatable bonds is 8. The number of esters is 3. The molecule has 6 aliphatic rings. The van der Waals surface area contributed by atoms with Gasteiger partial charge in [0.1, 0.15) is 11.2 Å². The number of anilines is 1. The molecule has 60 heavy (non-hydrogen) atoms. The van der Waals surface area contributed by atoms with E-state index in [0.29, 0.717) is 67.9 Å². The Morgan fingerprint density at radius 2 is 1.80 bits per heavy atom. The summed E-state index contributed by atoms with van der Waals surface area (Å²) in [4.78, 5) is 65.4. The Hall–Kier alpha value is -4.86. The molecule has 1 amide bonds. The molecule has 13 nitrogen and oxygen atoms in total. The fourth-order valence-corrected chi connectivity index (χ4v) is 13.1. The molecule has 10 atom stereocenters. The van der Waals surface area contributed by atoms with Crippen LogP contribution in [0.15, 0.2) is 48.6 Å². The van der Waals surface area contributed by atoms with Gasteiger partial charge in [-0.2, -0.15) is 0 Å². The summed E-state index contributed by atoms with van der Waals surface area (Å²) in [7, 11) is 3.92. The number of halogens is 2. The van der Waals surface area contributed by atoms with Crippen LogP contribution < -0.4 is 9.64 Å². The topological polar surface area (TPSA) is 151 Å². The highest BCUT2D eigenvalue weighted by Crippen LogP contribution is 2.68. The summed E-state index contributed by atoms with van der Waals surface area (Å²) < 4.78 is 54.1. The highest BCUT2D eigenvalue weighted by atomic mass is 19.3. The summed E-state index contributed by atoms with van der Waals surface area (Å²) in [5.41, 5.74) is -3.13. The molecule has 2 aromatic carbocycles. The Labute approximate surface area is 346 Å². The molecule has 6 heterocycles. The van der Waals surface area contributed by atoms with E-state index in [1.807, 2.05) is 49.4 Å². The number of hydrogen-bond donors (Lipinski definition) is 2. The molecule has 9 rings (SSSR count). The third-order valence-electron chi connectivity index (χ3n) is 15.2. The van der Waals surface area contributed by atoms with Gasteiger partial charge < -0.3 is 33.9 Å². The summed E-state index contributed by atoms with van der Waals surface area (Å²) in [5.74, 6) is -6.50. The Morgan fingerprint density at radius 3 is 2.47 bits per heavy atom. The summed E-state index contributed by atoms with van der Waals surface area (Å²) in [6, 6.07) is 9.36. The number of aromatic nitrogens is 1. The molecule has 1 aromatic heterocycles. The lowest BCUT2D eigenvalue weighted by Gasteiger charge is -2.63. The smallest absolute Gasteiger partial charge is 0.344 e. The minimum Gasteiger partial charge on any atom is -0.496 e. The molecule has 1 unspecified atom stereocenters. The number of aliphatic hydroxyl groups is 1. The highest BCUT2D eigenvalue weighted by molar-refractivity contribution is 5.96. The van der Waals surface area contributed by atoms with Gasteiger partial charge in [0.25, 0.3) is 0 Å². The van der Waals surface area contributed by atoms with E-state index < -0.39 is 69.8 Å². The van der Waals surface area contributed by atoms with Crippen molar-refractivity contribution in [1.82, 2.24) is 14.8 Å². The van der Waals surface area contributed by atoms with E-state index in [-0.39, 0.29) is 31.1 Å². The number of piperidine rings is 1. The van der Waals surface area contributed by atoms with Crippen molar-refractivity contribution >= 4 is 40.9 Å². The standard InChI is InChI=1S/C45H52F2N4O9/c1-7-42-13-10-15-50-16-14-43(36(42)50)30-18-31(34(57-4)19-33(30)51(24-52)37(43)45(56,40(55)59-6)38(42)60-25(2)53)44(39(54)58-5)20-26-17-27(41(3,46)47)22-49(21-26)23-29-28-11-8-9-12-32(28)48-35(29)44/h8-13,18-19,24,26-27,36-38,48,56H,7,14-17,20-23H2,1-6H3/t26-,27+,36-,37+,38+,42+,43+,44-,45-/m0/s1.